The number of phenolic OH excluding ortho intramolecular Hbond substituents is 1. The number of carboxylic acid groups (broad SMARTS) is 2. The topological polar surface area (TPSA) is 179 Å². The fourth-order valence-electron chi connectivity index (χ4n) is 2.45. The molecular formula is C19H27N3O7. The molecule has 0 heterocycles. The number of hydrogen-bond donors (Lipinski definition) is 6. The second kappa shape index (κ2) is 11.0. The Labute approximate surface area is 168 Å². The van der Waals surface area contributed by atoms with E-state index in [4.69, 9.17) is 10.8 Å². The van der Waals surface area contributed by atoms with Crippen LogP contribution < -0.4 is 16.4 Å². The number of aromatic hydroxyl groups is 1. The van der Waals surface area contributed by atoms with Crippen LogP contribution in [0.2, 0.25) is 0 Å². The number of nitrogens with one attached hydrogen (secondary N) is 2. The summed E-state index contributed by atoms with van der Waals surface area (Å²) in [4.78, 5) is 47.2. The van der Waals surface area contributed by atoms with Gasteiger partial charge in [-0.05, 0) is 30.0 Å². The minimum Gasteiger partial charge on any atom is -0.508 e. The summed E-state index contributed by atoms with van der Waals surface area (Å²) >= 11 is 0. The van der Waals surface area contributed by atoms with Gasteiger partial charge in [0.1, 0.15) is 17.8 Å². The molecule has 0 aliphatic heterocycles. The molecule has 10 nitrogen and oxygen atoms in total. The van der Waals surface area contributed by atoms with Gasteiger partial charge in [0.2, 0.25) is 11.8 Å². The molecule has 1 aromatic carbocycles. The number of hydrogen-bond acceptors (Lipinski definition) is 6. The maximum absolute atomic E-state index is 12.6. The Bertz CT molecular complexity index is 734. The number of amides is 2. The highest BCUT2D eigenvalue weighted by atomic mass is 16.4. The Kier molecular flexibility index (Phi) is 9.07. The quantitative estimate of drug-likeness (QED) is 0.292. The van der Waals surface area contributed by atoms with Crippen LogP contribution in [0.5, 0.6) is 5.75 Å². The maximum atomic E-state index is 12.6. The molecule has 1 rings (SSSR count). The third kappa shape index (κ3) is 8.18. The van der Waals surface area contributed by atoms with E-state index in [9.17, 15) is 29.4 Å². The molecule has 10 heteroatoms. The Hall–Kier alpha value is -3.14. The Morgan fingerprint density at radius 1 is 0.966 bits per heavy atom. The molecule has 29 heavy (non-hydrogen) atoms. The summed E-state index contributed by atoms with van der Waals surface area (Å²) in [6.07, 6.45) is -0.680. The third-order valence-electron chi connectivity index (χ3n) is 4.29. The van der Waals surface area contributed by atoms with Crippen LogP contribution in [0.15, 0.2) is 24.3 Å². The van der Waals surface area contributed by atoms with E-state index in [2.05, 4.69) is 10.6 Å². The second-order valence-corrected chi connectivity index (χ2v) is 7.03. The van der Waals surface area contributed by atoms with Gasteiger partial charge in [-0.3, -0.25) is 14.4 Å². The summed E-state index contributed by atoms with van der Waals surface area (Å²) in [5.74, 6) is -4.10. The largest absolute Gasteiger partial charge is 0.508 e. The SMILES string of the molecule is CC(C)C(N)C(=O)NC(CCC(=O)O)C(=O)NC(Cc1ccc(O)cc1)C(=O)O. The predicted octanol–water partition coefficient (Wildman–Crippen LogP) is -0.163. The van der Waals surface area contributed by atoms with Crippen molar-refractivity contribution in [1.82, 2.24) is 10.6 Å². The van der Waals surface area contributed by atoms with Crippen LogP contribution in [0.1, 0.15) is 32.3 Å². The minimum atomic E-state index is -1.31. The van der Waals surface area contributed by atoms with E-state index in [1.54, 1.807) is 13.8 Å². The lowest BCUT2D eigenvalue weighted by atomic mass is 10.0. The van der Waals surface area contributed by atoms with Crippen molar-refractivity contribution in [1.29, 1.82) is 0 Å². The average molecular weight is 409 g/mol. The number of carboxylic acids is 2. The summed E-state index contributed by atoms with van der Waals surface area (Å²) in [6.45, 7) is 3.43. The molecule has 0 radical (unpaired) electrons. The van der Waals surface area contributed by atoms with E-state index in [0.717, 1.165) is 0 Å². The summed E-state index contributed by atoms with van der Waals surface area (Å²) in [5.41, 5.74) is 6.31. The van der Waals surface area contributed by atoms with Crippen LogP contribution in [0.25, 0.3) is 0 Å². The van der Waals surface area contributed by atoms with E-state index in [-0.39, 0.29) is 24.5 Å². The van der Waals surface area contributed by atoms with Gasteiger partial charge in [-0.25, -0.2) is 4.79 Å². The molecular weight excluding hydrogens is 382 g/mol. The van der Waals surface area contributed by atoms with Gasteiger partial charge in [0, 0.05) is 12.8 Å². The van der Waals surface area contributed by atoms with Crippen LogP contribution in [0, 0.1) is 5.92 Å². The lowest BCUT2D eigenvalue weighted by Gasteiger charge is -2.23. The summed E-state index contributed by atoms with van der Waals surface area (Å²) in [7, 11) is 0. The zero-order valence-corrected chi connectivity index (χ0v) is 16.3. The zero-order valence-electron chi connectivity index (χ0n) is 16.3. The van der Waals surface area contributed by atoms with Crippen LogP contribution in [0.3, 0.4) is 0 Å². The van der Waals surface area contributed by atoms with Crippen molar-refractivity contribution in [3.05, 3.63) is 29.8 Å². The molecule has 0 saturated heterocycles. The van der Waals surface area contributed by atoms with Crippen LogP contribution in [0.4, 0.5) is 0 Å². The molecule has 0 spiro atoms. The van der Waals surface area contributed by atoms with Gasteiger partial charge in [0.05, 0.1) is 6.04 Å². The van der Waals surface area contributed by atoms with Gasteiger partial charge in [0.25, 0.3) is 0 Å². The molecule has 0 aliphatic rings. The van der Waals surface area contributed by atoms with E-state index < -0.39 is 48.3 Å². The molecule has 0 aliphatic carbocycles. The van der Waals surface area contributed by atoms with Crippen molar-refractivity contribution in [3.63, 3.8) is 0 Å². The first-order chi connectivity index (χ1) is 13.5. The van der Waals surface area contributed by atoms with Gasteiger partial charge in [-0.15, -0.1) is 0 Å². The molecule has 2 amide bonds. The normalized spacial score (nSPS) is 13.9. The van der Waals surface area contributed by atoms with Crippen molar-refractivity contribution in [2.45, 2.75) is 51.2 Å². The smallest absolute Gasteiger partial charge is 0.326 e. The van der Waals surface area contributed by atoms with Crippen molar-refractivity contribution >= 4 is 23.8 Å². The van der Waals surface area contributed by atoms with E-state index in [1.165, 1.54) is 24.3 Å². The standard InChI is InChI=1S/C19H27N3O7/c1-10(2)16(20)18(27)21-13(7-8-15(24)25)17(26)22-14(19(28)29)9-11-3-5-12(23)6-4-11/h3-6,10,13-14,16,23H,7-9,20H2,1-2H3,(H,21,27)(H,22,26)(H,24,25)(H,28,29). The fourth-order valence-corrected chi connectivity index (χ4v) is 2.45. The second-order valence-electron chi connectivity index (χ2n) is 7.03. The maximum Gasteiger partial charge on any atom is 0.326 e. The van der Waals surface area contributed by atoms with Crippen LogP contribution in [-0.2, 0) is 25.6 Å². The number of aliphatic carboxylic acids is 2. The van der Waals surface area contributed by atoms with Crippen molar-refractivity contribution < 1.29 is 34.5 Å². The molecule has 1 aromatic rings. The first-order valence-corrected chi connectivity index (χ1v) is 9.10. The number of benzene rings is 1. The molecule has 0 aromatic heterocycles. The van der Waals surface area contributed by atoms with Gasteiger partial charge in [0.15, 0.2) is 0 Å². The molecule has 0 saturated carbocycles. The number of rotatable bonds is 11. The number of nitrogens with two attached hydrogens (primary N) is 1. The number of phenols is 1. The van der Waals surface area contributed by atoms with Gasteiger partial charge >= 0.3 is 11.9 Å². The average Bonchev–Trinajstić information content (AvgIpc) is 2.64. The predicted molar refractivity (Wildman–Crippen MR) is 103 cm³/mol. The van der Waals surface area contributed by atoms with E-state index >= 15 is 0 Å². The minimum absolute atomic E-state index is 0.0163. The van der Waals surface area contributed by atoms with E-state index in [0.29, 0.717) is 5.56 Å². The summed E-state index contributed by atoms with van der Waals surface area (Å²) in [5, 5.41) is 32.3. The van der Waals surface area contributed by atoms with Crippen molar-refractivity contribution in [2.24, 2.45) is 11.7 Å². The highest BCUT2D eigenvalue weighted by Gasteiger charge is 2.29. The Balaban J connectivity index is 2.90. The Morgan fingerprint density at radius 2 is 1.52 bits per heavy atom. The number of carbonyl (C=O) groups excluding carboxylic acids is 2. The highest BCUT2D eigenvalue weighted by Crippen LogP contribution is 2.12. The molecule has 160 valence electrons. The van der Waals surface area contributed by atoms with Gasteiger partial charge in [-0.1, -0.05) is 26.0 Å². The van der Waals surface area contributed by atoms with Crippen LogP contribution >= 0.6 is 0 Å². The molecule has 3 atom stereocenters. The molecule has 0 fully saturated rings. The van der Waals surface area contributed by atoms with Gasteiger partial charge < -0.3 is 31.7 Å². The summed E-state index contributed by atoms with van der Waals surface area (Å²) in [6, 6.07) is 2.35. The lowest BCUT2D eigenvalue weighted by Crippen LogP contribution is -2.55. The van der Waals surface area contributed by atoms with E-state index in [1.807, 2.05) is 0 Å². The molecule has 7 N–H and O–H groups in total. The van der Waals surface area contributed by atoms with Crippen LogP contribution in [-0.4, -0.2) is 57.2 Å². The molecule has 0 bridgehead atoms. The monoisotopic (exact) mass is 409 g/mol. The van der Waals surface area contributed by atoms with Crippen molar-refractivity contribution in [3.8, 4) is 5.75 Å². The zero-order chi connectivity index (χ0) is 22.1. The first kappa shape index (κ1) is 23.9. The summed E-state index contributed by atoms with van der Waals surface area (Å²) < 4.78 is 0. The molecule has 3 unspecified atom stereocenters. The highest BCUT2D eigenvalue weighted by molar-refractivity contribution is 5.92. The fraction of sp³-hybridized carbons (Fsp3) is 0.474. The van der Waals surface area contributed by atoms with Gasteiger partial charge in [-0.2, -0.15) is 0 Å². The third-order valence-corrected chi connectivity index (χ3v) is 4.29. The Morgan fingerprint density at radius 3 is 2.00 bits per heavy atom. The first-order valence-electron chi connectivity index (χ1n) is 9.10. The lowest BCUT2D eigenvalue weighted by molar-refractivity contribution is -0.143. The number of carbonyl (C=O) groups is 4. The van der Waals surface area contributed by atoms with Crippen molar-refractivity contribution in [2.75, 3.05) is 0 Å².